The molecule has 0 bridgehead atoms. The zero-order valence-electron chi connectivity index (χ0n) is 17.4. The van der Waals surface area contributed by atoms with Crippen LogP contribution in [0.4, 0.5) is 4.79 Å². The lowest BCUT2D eigenvalue weighted by Gasteiger charge is -2.43. The highest BCUT2D eigenvalue weighted by atomic mass is 16.6. The summed E-state index contributed by atoms with van der Waals surface area (Å²) in [6, 6.07) is 0. The van der Waals surface area contributed by atoms with Crippen LogP contribution in [0.2, 0.25) is 0 Å². The SMILES string of the molecule is CCCC1(CNCC(CN)C(C)C)CCCN(C(=O)OC(C)(C)C)C1. The Balaban J connectivity index is 2.68. The van der Waals surface area contributed by atoms with Gasteiger partial charge in [-0.05, 0) is 65.0 Å². The molecular formula is C20H41N3O2. The predicted octanol–water partition coefficient (Wildman–Crippen LogP) is 3.62. The Labute approximate surface area is 155 Å². The van der Waals surface area contributed by atoms with Crippen LogP contribution in [-0.2, 0) is 4.74 Å². The molecule has 5 nitrogen and oxygen atoms in total. The van der Waals surface area contributed by atoms with E-state index in [4.69, 9.17) is 10.5 Å². The van der Waals surface area contributed by atoms with Gasteiger partial charge >= 0.3 is 6.09 Å². The van der Waals surface area contributed by atoms with Crippen molar-refractivity contribution >= 4 is 6.09 Å². The van der Waals surface area contributed by atoms with Crippen LogP contribution < -0.4 is 11.1 Å². The molecule has 0 radical (unpaired) electrons. The van der Waals surface area contributed by atoms with Gasteiger partial charge in [-0.2, -0.15) is 0 Å². The van der Waals surface area contributed by atoms with E-state index in [1.54, 1.807) is 0 Å². The van der Waals surface area contributed by atoms with Crippen molar-refractivity contribution in [2.45, 2.75) is 72.8 Å². The third-order valence-electron chi connectivity index (χ3n) is 5.25. The van der Waals surface area contributed by atoms with Gasteiger partial charge in [0.1, 0.15) is 5.60 Å². The molecule has 3 N–H and O–H groups in total. The van der Waals surface area contributed by atoms with Crippen molar-refractivity contribution in [3.05, 3.63) is 0 Å². The van der Waals surface area contributed by atoms with Gasteiger partial charge in [-0.3, -0.25) is 0 Å². The van der Waals surface area contributed by atoms with E-state index in [1.807, 2.05) is 25.7 Å². The molecule has 0 spiro atoms. The average Bonchev–Trinajstić information content (AvgIpc) is 2.50. The van der Waals surface area contributed by atoms with E-state index in [-0.39, 0.29) is 11.5 Å². The molecule has 5 heteroatoms. The van der Waals surface area contributed by atoms with E-state index >= 15 is 0 Å². The van der Waals surface area contributed by atoms with Crippen LogP contribution in [0.3, 0.4) is 0 Å². The zero-order valence-corrected chi connectivity index (χ0v) is 17.4. The van der Waals surface area contributed by atoms with Crippen LogP contribution in [0.1, 0.15) is 67.2 Å². The number of piperidine rings is 1. The molecule has 1 fully saturated rings. The van der Waals surface area contributed by atoms with Gasteiger partial charge < -0.3 is 20.7 Å². The summed E-state index contributed by atoms with van der Waals surface area (Å²) in [6.07, 6.45) is 4.31. The smallest absolute Gasteiger partial charge is 0.410 e. The van der Waals surface area contributed by atoms with Crippen molar-refractivity contribution in [1.82, 2.24) is 10.2 Å². The molecule has 1 rings (SSSR count). The first-order chi connectivity index (χ1) is 11.6. The van der Waals surface area contributed by atoms with Crippen LogP contribution in [0, 0.1) is 17.3 Å². The van der Waals surface area contributed by atoms with Crippen molar-refractivity contribution in [3.8, 4) is 0 Å². The number of nitrogens with zero attached hydrogens (tertiary/aromatic N) is 1. The molecule has 2 atom stereocenters. The molecule has 148 valence electrons. The van der Waals surface area contributed by atoms with E-state index < -0.39 is 5.60 Å². The van der Waals surface area contributed by atoms with Gasteiger partial charge in [0.25, 0.3) is 0 Å². The first kappa shape index (κ1) is 22.2. The van der Waals surface area contributed by atoms with Crippen LogP contribution in [0.5, 0.6) is 0 Å². The van der Waals surface area contributed by atoms with Gasteiger partial charge in [-0.1, -0.05) is 27.2 Å². The zero-order chi connectivity index (χ0) is 19.1. The fraction of sp³-hybridized carbons (Fsp3) is 0.950. The van der Waals surface area contributed by atoms with E-state index in [1.165, 1.54) is 6.42 Å². The highest BCUT2D eigenvalue weighted by Gasteiger charge is 2.37. The van der Waals surface area contributed by atoms with Crippen molar-refractivity contribution in [1.29, 1.82) is 0 Å². The molecule has 25 heavy (non-hydrogen) atoms. The number of rotatable bonds is 8. The summed E-state index contributed by atoms with van der Waals surface area (Å²) >= 11 is 0. The minimum absolute atomic E-state index is 0.153. The highest BCUT2D eigenvalue weighted by molar-refractivity contribution is 5.68. The maximum atomic E-state index is 12.5. The summed E-state index contributed by atoms with van der Waals surface area (Å²) in [5, 5.41) is 3.66. The van der Waals surface area contributed by atoms with Gasteiger partial charge in [-0.25, -0.2) is 4.79 Å². The number of likely N-dealkylation sites (tertiary alicyclic amines) is 1. The van der Waals surface area contributed by atoms with Gasteiger partial charge in [-0.15, -0.1) is 0 Å². The number of amides is 1. The summed E-state index contributed by atoms with van der Waals surface area (Å²) in [4.78, 5) is 14.4. The van der Waals surface area contributed by atoms with E-state index in [0.29, 0.717) is 11.8 Å². The van der Waals surface area contributed by atoms with Crippen LogP contribution >= 0.6 is 0 Å². The van der Waals surface area contributed by atoms with E-state index in [9.17, 15) is 4.79 Å². The van der Waals surface area contributed by atoms with Crippen molar-refractivity contribution < 1.29 is 9.53 Å². The molecule has 0 aromatic heterocycles. The van der Waals surface area contributed by atoms with Crippen molar-refractivity contribution in [2.75, 3.05) is 32.7 Å². The number of hydrogen-bond acceptors (Lipinski definition) is 4. The summed E-state index contributed by atoms with van der Waals surface area (Å²) in [7, 11) is 0. The second-order valence-electron chi connectivity index (χ2n) is 9.13. The fourth-order valence-corrected chi connectivity index (χ4v) is 3.77. The van der Waals surface area contributed by atoms with Gasteiger partial charge in [0.2, 0.25) is 0 Å². The third kappa shape index (κ3) is 7.53. The van der Waals surface area contributed by atoms with Gasteiger partial charge in [0.15, 0.2) is 0 Å². The molecule has 0 saturated carbocycles. The Morgan fingerprint density at radius 3 is 2.56 bits per heavy atom. The van der Waals surface area contributed by atoms with Crippen LogP contribution in [-0.4, -0.2) is 49.3 Å². The Morgan fingerprint density at radius 2 is 2.04 bits per heavy atom. The first-order valence-electron chi connectivity index (χ1n) is 10.0. The average molecular weight is 356 g/mol. The summed E-state index contributed by atoms with van der Waals surface area (Å²) in [6.45, 7) is 16.7. The van der Waals surface area contributed by atoms with Crippen LogP contribution in [0.15, 0.2) is 0 Å². The third-order valence-corrected chi connectivity index (χ3v) is 5.25. The van der Waals surface area contributed by atoms with Gasteiger partial charge in [0, 0.05) is 25.0 Å². The Morgan fingerprint density at radius 1 is 1.36 bits per heavy atom. The summed E-state index contributed by atoms with van der Waals surface area (Å²) < 4.78 is 5.59. The van der Waals surface area contributed by atoms with Gasteiger partial charge in [0.05, 0.1) is 0 Å². The summed E-state index contributed by atoms with van der Waals surface area (Å²) in [5.41, 5.74) is 5.61. The second kappa shape index (κ2) is 9.77. The molecular weight excluding hydrogens is 314 g/mol. The normalized spacial score (nSPS) is 23.0. The minimum Gasteiger partial charge on any atom is -0.444 e. The van der Waals surface area contributed by atoms with Crippen molar-refractivity contribution in [2.24, 2.45) is 23.0 Å². The standard InChI is InChI=1S/C20H41N3O2/c1-7-9-20(14-22-13-17(12-21)16(2)3)10-8-11-23(15-20)18(24)25-19(4,5)6/h16-17,22H,7-15,21H2,1-6H3. The van der Waals surface area contributed by atoms with E-state index in [0.717, 1.165) is 52.0 Å². The Bertz CT molecular complexity index is 402. The van der Waals surface area contributed by atoms with Crippen LogP contribution in [0.25, 0.3) is 0 Å². The summed E-state index contributed by atoms with van der Waals surface area (Å²) in [5.74, 6) is 1.09. The quantitative estimate of drug-likeness (QED) is 0.698. The molecule has 0 aliphatic carbocycles. The number of ether oxygens (including phenoxy) is 1. The molecule has 1 saturated heterocycles. The predicted molar refractivity (Wildman–Crippen MR) is 105 cm³/mol. The maximum Gasteiger partial charge on any atom is 0.410 e. The number of nitrogens with one attached hydrogen (secondary N) is 1. The molecule has 0 aromatic carbocycles. The lowest BCUT2D eigenvalue weighted by Crippen LogP contribution is -2.52. The molecule has 1 heterocycles. The topological polar surface area (TPSA) is 67.6 Å². The lowest BCUT2D eigenvalue weighted by molar-refractivity contribution is 0.00224. The van der Waals surface area contributed by atoms with E-state index in [2.05, 4.69) is 26.1 Å². The molecule has 0 aromatic rings. The first-order valence-corrected chi connectivity index (χ1v) is 10.0. The monoisotopic (exact) mass is 355 g/mol. The molecule has 1 aliphatic rings. The Hall–Kier alpha value is -0.810. The molecule has 2 unspecified atom stereocenters. The fourth-order valence-electron chi connectivity index (χ4n) is 3.77. The largest absolute Gasteiger partial charge is 0.444 e. The highest BCUT2D eigenvalue weighted by Crippen LogP contribution is 2.35. The van der Waals surface area contributed by atoms with Crippen molar-refractivity contribution in [3.63, 3.8) is 0 Å². The lowest BCUT2D eigenvalue weighted by atomic mass is 9.76. The number of nitrogens with two attached hydrogens (primary N) is 1. The Kier molecular flexibility index (Phi) is 8.69. The molecule has 1 amide bonds. The number of hydrogen-bond donors (Lipinski definition) is 2. The molecule has 1 aliphatic heterocycles. The number of carbonyl (C=O) groups is 1. The number of carbonyl (C=O) groups excluding carboxylic acids is 1. The second-order valence-corrected chi connectivity index (χ2v) is 9.13. The minimum atomic E-state index is -0.439. The maximum absolute atomic E-state index is 12.5.